The maximum Gasteiger partial charge on any atom is 0.336 e. The summed E-state index contributed by atoms with van der Waals surface area (Å²) in [6, 6.07) is 6.13. The minimum atomic E-state index is -0.322. The van der Waals surface area contributed by atoms with Gasteiger partial charge in [0.25, 0.3) is 0 Å². The van der Waals surface area contributed by atoms with Gasteiger partial charge in [-0.1, -0.05) is 19.9 Å². The van der Waals surface area contributed by atoms with Crippen molar-refractivity contribution in [2.75, 3.05) is 6.61 Å². The fourth-order valence-corrected chi connectivity index (χ4v) is 2.64. The fourth-order valence-electron chi connectivity index (χ4n) is 2.64. The molecule has 2 rings (SSSR count). The molecule has 1 N–H and O–H groups in total. The minimum absolute atomic E-state index is 0.0275. The molecule has 1 aromatic carbocycles. The van der Waals surface area contributed by atoms with Crippen molar-refractivity contribution in [1.82, 2.24) is 5.32 Å². The maximum absolute atomic E-state index is 13.2. The Bertz CT molecular complexity index is 614. The van der Waals surface area contributed by atoms with Crippen LogP contribution in [0.15, 0.2) is 41.6 Å². The number of benzene rings is 1. The number of allylic oxidation sites excluding steroid dienone is 2. The van der Waals surface area contributed by atoms with Gasteiger partial charge in [-0.3, -0.25) is 0 Å². The highest BCUT2D eigenvalue weighted by molar-refractivity contribution is 5.99. The molecule has 0 saturated heterocycles. The van der Waals surface area contributed by atoms with E-state index in [4.69, 9.17) is 4.74 Å². The van der Waals surface area contributed by atoms with Gasteiger partial charge in [0.05, 0.1) is 17.9 Å². The largest absolute Gasteiger partial charge is 0.463 e. The van der Waals surface area contributed by atoms with E-state index in [9.17, 15) is 9.18 Å². The zero-order valence-electron chi connectivity index (χ0n) is 13.4. The quantitative estimate of drug-likeness (QED) is 0.858. The lowest BCUT2D eigenvalue weighted by molar-refractivity contribution is -0.139. The van der Waals surface area contributed by atoms with Crippen LogP contribution < -0.4 is 5.32 Å². The Hall–Kier alpha value is -2.10. The van der Waals surface area contributed by atoms with Gasteiger partial charge in [0.2, 0.25) is 0 Å². The summed E-state index contributed by atoms with van der Waals surface area (Å²) in [6.07, 6.45) is 2.05. The van der Waals surface area contributed by atoms with Gasteiger partial charge < -0.3 is 10.1 Å². The number of carbonyl (C=O) groups is 1. The zero-order chi connectivity index (χ0) is 16.3. The van der Waals surface area contributed by atoms with Crippen molar-refractivity contribution in [3.8, 4) is 0 Å². The second kappa shape index (κ2) is 6.77. The molecule has 1 unspecified atom stereocenters. The topological polar surface area (TPSA) is 38.3 Å². The lowest BCUT2D eigenvalue weighted by Crippen LogP contribution is -2.29. The van der Waals surface area contributed by atoms with Gasteiger partial charge in [-0.25, -0.2) is 9.18 Å². The molecule has 1 atom stereocenters. The van der Waals surface area contributed by atoms with Crippen LogP contribution in [0.1, 0.15) is 33.3 Å². The molecule has 1 aliphatic heterocycles. The van der Waals surface area contributed by atoms with Crippen molar-refractivity contribution >= 4 is 11.7 Å². The van der Waals surface area contributed by atoms with E-state index in [0.29, 0.717) is 17.9 Å². The van der Waals surface area contributed by atoms with Gasteiger partial charge in [-0.05, 0) is 49.6 Å². The molecular formula is C18H22FNO2. The second-order valence-corrected chi connectivity index (χ2v) is 5.76. The number of esters is 1. The first-order valence-corrected chi connectivity index (χ1v) is 7.56. The smallest absolute Gasteiger partial charge is 0.336 e. The number of halogens is 1. The summed E-state index contributed by atoms with van der Waals surface area (Å²) in [4.78, 5) is 12.4. The summed E-state index contributed by atoms with van der Waals surface area (Å²) in [5, 5.41) is 3.24. The van der Waals surface area contributed by atoms with Crippen LogP contribution in [0.5, 0.6) is 0 Å². The molecule has 0 saturated carbocycles. The Morgan fingerprint density at radius 2 is 1.95 bits per heavy atom. The first-order valence-electron chi connectivity index (χ1n) is 7.56. The van der Waals surface area contributed by atoms with E-state index in [1.165, 1.54) is 12.1 Å². The van der Waals surface area contributed by atoms with Crippen molar-refractivity contribution in [3.63, 3.8) is 0 Å². The molecule has 0 amide bonds. The van der Waals surface area contributed by atoms with E-state index < -0.39 is 0 Å². The highest BCUT2D eigenvalue weighted by Crippen LogP contribution is 2.34. The minimum Gasteiger partial charge on any atom is -0.463 e. The summed E-state index contributed by atoms with van der Waals surface area (Å²) < 4.78 is 18.4. The van der Waals surface area contributed by atoms with Crippen LogP contribution in [-0.2, 0) is 9.53 Å². The Morgan fingerprint density at radius 1 is 1.32 bits per heavy atom. The van der Waals surface area contributed by atoms with Gasteiger partial charge in [-0.2, -0.15) is 0 Å². The van der Waals surface area contributed by atoms with Crippen LogP contribution in [0.25, 0.3) is 5.70 Å². The summed E-state index contributed by atoms with van der Waals surface area (Å²) in [5.74, 6) is -0.394. The Balaban J connectivity index is 2.56. The van der Waals surface area contributed by atoms with Crippen LogP contribution in [0.2, 0.25) is 0 Å². The molecule has 22 heavy (non-hydrogen) atoms. The molecule has 0 bridgehead atoms. The number of ether oxygens (including phenoxy) is 1. The first-order chi connectivity index (χ1) is 10.4. The van der Waals surface area contributed by atoms with Crippen LogP contribution in [0.3, 0.4) is 0 Å². The molecule has 0 spiro atoms. The predicted octanol–water partition coefficient (Wildman–Crippen LogP) is 3.88. The molecule has 4 heteroatoms. The van der Waals surface area contributed by atoms with Crippen molar-refractivity contribution in [1.29, 1.82) is 0 Å². The molecule has 0 radical (unpaired) electrons. The number of nitrogens with one attached hydrogen (secondary N) is 1. The highest BCUT2D eigenvalue weighted by atomic mass is 19.1. The van der Waals surface area contributed by atoms with Crippen LogP contribution in [0, 0.1) is 17.7 Å². The van der Waals surface area contributed by atoms with E-state index in [-0.39, 0.29) is 23.6 Å². The van der Waals surface area contributed by atoms with E-state index in [0.717, 1.165) is 11.3 Å². The zero-order valence-corrected chi connectivity index (χ0v) is 13.4. The van der Waals surface area contributed by atoms with Crippen molar-refractivity contribution in [3.05, 3.63) is 53.0 Å². The molecule has 1 aliphatic rings. The van der Waals surface area contributed by atoms with Crippen molar-refractivity contribution < 1.29 is 13.9 Å². The Kier molecular flexibility index (Phi) is 5.01. The van der Waals surface area contributed by atoms with E-state index in [2.05, 4.69) is 19.2 Å². The molecule has 0 fully saturated rings. The average Bonchev–Trinajstić information content (AvgIpc) is 2.47. The van der Waals surface area contributed by atoms with Crippen LogP contribution in [0.4, 0.5) is 4.39 Å². The summed E-state index contributed by atoms with van der Waals surface area (Å²) >= 11 is 0. The Labute approximate surface area is 130 Å². The standard InChI is InChI=1S/C18H22FNO2/c1-5-22-18(21)16-15(11(2)3)10-12(4)20-17(16)13-6-8-14(19)9-7-13/h6-11,15,20H,5H2,1-4H3. The van der Waals surface area contributed by atoms with E-state index in [1.54, 1.807) is 19.1 Å². The summed E-state index contributed by atoms with van der Waals surface area (Å²) in [7, 11) is 0. The maximum atomic E-state index is 13.2. The van der Waals surface area contributed by atoms with Crippen LogP contribution in [-0.4, -0.2) is 12.6 Å². The average molecular weight is 303 g/mol. The number of hydrogen-bond acceptors (Lipinski definition) is 3. The van der Waals surface area contributed by atoms with Gasteiger partial charge >= 0.3 is 5.97 Å². The number of carbonyl (C=O) groups excluding carboxylic acids is 1. The van der Waals surface area contributed by atoms with Crippen LogP contribution >= 0.6 is 0 Å². The SMILES string of the molecule is CCOC(=O)C1=C(c2ccc(F)cc2)NC(C)=CC1C(C)C. The molecule has 0 aromatic heterocycles. The van der Waals surface area contributed by atoms with Gasteiger partial charge in [0.1, 0.15) is 5.82 Å². The third-order valence-electron chi connectivity index (χ3n) is 3.70. The number of dihydropyridines is 1. The first kappa shape index (κ1) is 16.3. The van der Waals surface area contributed by atoms with E-state index in [1.807, 2.05) is 13.0 Å². The lowest BCUT2D eigenvalue weighted by Gasteiger charge is -2.29. The summed E-state index contributed by atoms with van der Waals surface area (Å²) in [6.45, 7) is 8.22. The van der Waals surface area contributed by atoms with Gasteiger partial charge in [0.15, 0.2) is 0 Å². The second-order valence-electron chi connectivity index (χ2n) is 5.76. The van der Waals surface area contributed by atoms with Crippen molar-refractivity contribution in [2.45, 2.75) is 27.7 Å². The molecule has 3 nitrogen and oxygen atoms in total. The third-order valence-corrected chi connectivity index (χ3v) is 3.70. The molecule has 118 valence electrons. The lowest BCUT2D eigenvalue weighted by atomic mass is 9.83. The fraction of sp³-hybridized carbons (Fsp3) is 0.389. The van der Waals surface area contributed by atoms with Crippen molar-refractivity contribution in [2.24, 2.45) is 11.8 Å². The number of hydrogen-bond donors (Lipinski definition) is 1. The predicted molar refractivity (Wildman–Crippen MR) is 85.2 cm³/mol. The van der Waals surface area contributed by atoms with Gasteiger partial charge in [-0.15, -0.1) is 0 Å². The molecule has 0 aliphatic carbocycles. The third kappa shape index (κ3) is 3.38. The van der Waals surface area contributed by atoms with Gasteiger partial charge in [0, 0.05) is 11.6 Å². The normalized spacial score (nSPS) is 18.1. The Morgan fingerprint density at radius 3 is 2.50 bits per heavy atom. The monoisotopic (exact) mass is 303 g/mol. The molecular weight excluding hydrogens is 281 g/mol. The summed E-state index contributed by atoms with van der Waals surface area (Å²) in [5.41, 5.74) is 3.07. The van der Waals surface area contributed by atoms with E-state index >= 15 is 0 Å². The molecule has 1 aromatic rings. The number of rotatable bonds is 4. The molecule has 1 heterocycles. The highest BCUT2D eigenvalue weighted by Gasteiger charge is 2.30.